The molecule has 0 radical (unpaired) electrons. The van der Waals surface area contributed by atoms with Crippen LogP contribution in [-0.2, 0) is 23.5 Å². The average molecular weight is 462 g/mol. The lowest BCUT2D eigenvalue weighted by Gasteiger charge is -2.40. The number of amides is 1. The summed E-state index contributed by atoms with van der Waals surface area (Å²) in [6.45, 7) is 4.29. The van der Waals surface area contributed by atoms with E-state index in [0.29, 0.717) is 13.1 Å². The maximum absolute atomic E-state index is 13.2. The lowest BCUT2D eigenvalue weighted by molar-refractivity contribution is -0.191. The van der Waals surface area contributed by atoms with Crippen molar-refractivity contribution in [2.24, 2.45) is 0 Å². The third-order valence-electron chi connectivity index (χ3n) is 4.47. The first-order valence-corrected chi connectivity index (χ1v) is 11.4. The smallest absolute Gasteiger partial charge is 0.465 e. The summed E-state index contributed by atoms with van der Waals surface area (Å²) in [4.78, 5) is 35.7. The second-order valence-corrected chi connectivity index (χ2v) is 8.37. The number of hydrogen-bond acceptors (Lipinski definition) is 8. The number of hydrogen-bond donors (Lipinski definition) is 2. The first kappa shape index (κ1) is 26.8. The van der Waals surface area contributed by atoms with Crippen LogP contribution < -0.4 is 5.59 Å². The fraction of sp³-hybridized carbons (Fsp3) is 0.875. The molecule has 2 atom stereocenters. The minimum absolute atomic E-state index is 0.0103. The Balaban J connectivity index is 3.23. The maximum atomic E-state index is 13.2. The zero-order chi connectivity index (χ0) is 22.9. The van der Waals surface area contributed by atoms with Gasteiger partial charge in [0.25, 0.3) is 0 Å². The van der Waals surface area contributed by atoms with Crippen molar-refractivity contribution in [1.29, 1.82) is 0 Å². The number of nitrogens with zero attached hydrogens (tertiary/aromatic N) is 3. The van der Waals surface area contributed by atoms with Crippen LogP contribution in [0.1, 0.15) is 40.0 Å². The van der Waals surface area contributed by atoms with Crippen LogP contribution >= 0.6 is 7.60 Å². The number of hydrazine groups is 1. The van der Waals surface area contributed by atoms with E-state index in [2.05, 4.69) is 10.3 Å². The molecular formula is C16H30F3N4O6P. The summed E-state index contributed by atoms with van der Waals surface area (Å²) >= 11 is 0. The molecule has 0 aromatic rings. The third kappa shape index (κ3) is 7.78. The van der Waals surface area contributed by atoms with Crippen molar-refractivity contribution >= 4 is 19.5 Å². The minimum atomic E-state index is -5.38. The number of nitrogens with one attached hydrogen (secondary N) is 1. The van der Waals surface area contributed by atoms with E-state index in [1.807, 2.05) is 0 Å². The second-order valence-electron chi connectivity index (χ2n) is 6.60. The van der Waals surface area contributed by atoms with Gasteiger partial charge in [0.1, 0.15) is 6.54 Å². The molecule has 14 heteroatoms. The number of carbonyl (C=O) groups is 2. The highest BCUT2D eigenvalue weighted by atomic mass is 31.2. The first-order chi connectivity index (χ1) is 14.0. The SMILES string of the molecule is CCOC(=O)CN(C(=O)C(F)(F)F)C(N(CC)CC)P(=O)(O)ONN1CCCCC1. The van der Waals surface area contributed by atoms with Gasteiger partial charge in [-0.3, -0.25) is 24.0 Å². The predicted molar refractivity (Wildman–Crippen MR) is 101 cm³/mol. The van der Waals surface area contributed by atoms with Gasteiger partial charge < -0.3 is 9.63 Å². The zero-order valence-electron chi connectivity index (χ0n) is 17.4. The Morgan fingerprint density at radius 1 is 1.17 bits per heavy atom. The molecule has 0 spiro atoms. The lowest BCUT2D eigenvalue weighted by atomic mass is 10.2. The van der Waals surface area contributed by atoms with E-state index in [9.17, 15) is 32.2 Å². The molecule has 0 aliphatic carbocycles. The van der Waals surface area contributed by atoms with E-state index in [1.165, 1.54) is 25.8 Å². The number of piperidine rings is 1. The molecule has 1 aliphatic heterocycles. The highest BCUT2D eigenvalue weighted by molar-refractivity contribution is 7.53. The number of rotatable bonds is 11. The number of alkyl halides is 3. The number of ether oxygens (including phenoxy) is 1. The van der Waals surface area contributed by atoms with Gasteiger partial charge in [-0.15, -0.1) is 5.59 Å². The quantitative estimate of drug-likeness (QED) is 0.205. The van der Waals surface area contributed by atoms with E-state index >= 15 is 0 Å². The summed E-state index contributed by atoms with van der Waals surface area (Å²) in [7, 11) is -4.94. The summed E-state index contributed by atoms with van der Waals surface area (Å²) in [5.74, 6) is -5.64. The Kier molecular flexibility index (Phi) is 10.7. The molecule has 2 unspecified atom stereocenters. The van der Waals surface area contributed by atoms with Gasteiger partial charge in [-0.25, -0.2) is 9.63 Å². The second kappa shape index (κ2) is 12.0. The van der Waals surface area contributed by atoms with Crippen molar-refractivity contribution in [3.63, 3.8) is 0 Å². The van der Waals surface area contributed by atoms with E-state index in [-0.39, 0.29) is 24.6 Å². The van der Waals surface area contributed by atoms with Crippen LogP contribution in [0.5, 0.6) is 0 Å². The van der Waals surface area contributed by atoms with Gasteiger partial charge in [-0.05, 0) is 32.9 Å². The van der Waals surface area contributed by atoms with Crippen molar-refractivity contribution in [2.75, 3.05) is 39.3 Å². The van der Waals surface area contributed by atoms with E-state index in [4.69, 9.17) is 4.62 Å². The highest BCUT2D eigenvalue weighted by Gasteiger charge is 2.52. The van der Waals surface area contributed by atoms with Crippen LogP contribution in [0.25, 0.3) is 0 Å². The van der Waals surface area contributed by atoms with Gasteiger partial charge in [0.2, 0.25) is 0 Å². The van der Waals surface area contributed by atoms with Crippen LogP contribution in [0.15, 0.2) is 0 Å². The summed E-state index contributed by atoms with van der Waals surface area (Å²) in [6, 6.07) is 0. The number of carbonyl (C=O) groups excluding carboxylic acids is 2. The summed E-state index contributed by atoms with van der Waals surface area (Å²) in [6.07, 6.45) is -2.77. The maximum Gasteiger partial charge on any atom is 0.471 e. The molecule has 1 rings (SSSR count). The van der Waals surface area contributed by atoms with E-state index < -0.39 is 38.1 Å². The Morgan fingerprint density at radius 3 is 2.20 bits per heavy atom. The molecule has 176 valence electrons. The summed E-state index contributed by atoms with van der Waals surface area (Å²) in [5.41, 5.74) is 2.31. The van der Waals surface area contributed by atoms with Crippen molar-refractivity contribution in [2.45, 2.75) is 52.1 Å². The summed E-state index contributed by atoms with van der Waals surface area (Å²) in [5, 5.41) is 1.52. The van der Waals surface area contributed by atoms with Crippen LogP contribution in [-0.4, -0.2) is 83.0 Å². The van der Waals surface area contributed by atoms with Crippen molar-refractivity contribution < 1.29 is 41.6 Å². The molecule has 1 fully saturated rings. The van der Waals surface area contributed by atoms with Crippen molar-refractivity contribution in [3.8, 4) is 0 Å². The van der Waals surface area contributed by atoms with Gasteiger partial charge >= 0.3 is 25.6 Å². The topological polar surface area (TPSA) is 112 Å². The molecule has 1 aliphatic rings. The number of halogens is 3. The highest BCUT2D eigenvalue weighted by Crippen LogP contribution is 2.50. The molecule has 0 aromatic carbocycles. The molecule has 1 amide bonds. The molecule has 0 aromatic heterocycles. The summed E-state index contributed by atoms with van der Waals surface area (Å²) < 4.78 is 62.3. The molecule has 0 saturated carbocycles. The van der Waals surface area contributed by atoms with Crippen molar-refractivity contribution in [3.05, 3.63) is 0 Å². The molecule has 1 saturated heterocycles. The molecule has 0 bridgehead atoms. The number of esters is 1. The molecular weight excluding hydrogens is 432 g/mol. The molecule has 30 heavy (non-hydrogen) atoms. The Labute approximate surface area is 173 Å². The first-order valence-electron chi connectivity index (χ1n) is 9.77. The fourth-order valence-corrected chi connectivity index (χ4v) is 4.65. The van der Waals surface area contributed by atoms with Gasteiger partial charge in [0.05, 0.1) is 6.61 Å². The minimum Gasteiger partial charge on any atom is -0.465 e. The molecule has 10 nitrogen and oxygen atoms in total. The zero-order valence-corrected chi connectivity index (χ0v) is 18.2. The van der Waals surface area contributed by atoms with Crippen molar-refractivity contribution in [1.82, 2.24) is 20.4 Å². The van der Waals surface area contributed by atoms with Crippen LogP contribution in [0.2, 0.25) is 0 Å². The van der Waals surface area contributed by atoms with E-state index in [1.54, 1.807) is 0 Å². The van der Waals surface area contributed by atoms with Gasteiger partial charge in [-0.1, -0.05) is 20.3 Å². The Bertz CT molecular complexity index is 614. The fourth-order valence-electron chi connectivity index (χ4n) is 3.05. The average Bonchev–Trinajstić information content (AvgIpc) is 2.68. The standard InChI is InChI=1S/C16H30F3N4O6P/c1-4-21(5-2)15(30(26,27)29-20-22-10-8-7-9-11-22)23(12-13(24)28-6-3)14(25)16(17,18)19/h15,20H,4-12H2,1-3H3,(H,26,27). The predicted octanol–water partition coefficient (Wildman–Crippen LogP) is 1.67. The lowest BCUT2D eigenvalue weighted by Crippen LogP contribution is -2.56. The Hall–Kier alpha value is -1.24. The van der Waals surface area contributed by atoms with E-state index in [0.717, 1.165) is 24.2 Å². The van der Waals surface area contributed by atoms with Crippen LogP contribution in [0, 0.1) is 0 Å². The van der Waals surface area contributed by atoms with Gasteiger partial charge in [-0.2, -0.15) is 13.2 Å². The van der Waals surface area contributed by atoms with Gasteiger partial charge in [0.15, 0.2) is 5.91 Å². The monoisotopic (exact) mass is 462 g/mol. The van der Waals surface area contributed by atoms with Gasteiger partial charge in [0, 0.05) is 13.1 Å². The third-order valence-corrected chi connectivity index (χ3v) is 6.01. The Morgan fingerprint density at radius 2 is 1.73 bits per heavy atom. The normalized spacial score (nSPS) is 18.7. The molecule has 1 heterocycles. The van der Waals surface area contributed by atoms with Crippen LogP contribution in [0.4, 0.5) is 13.2 Å². The largest absolute Gasteiger partial charge is 0.471 e. The van der Waals surface area contributed by atoms with Crippen LogP contribution in [0.3, 0.4) is 0 Å². The molecule has 2 N–H and O–H groups in total.